The van der Waals surface area contributed by atoms with Gasteiger partial charge in [-0.25, -0.2) is 0 Å². The van der Waals surface area contributed by atoms with Crippen molar-refractivity contribution in [3.63, 3.8) is 0 Å². The molecule has 0 radical (unpaired) electrons. The number of hydrogen-bond donors (Lipinski definition) is 2. The van der Waals surface area contributed by atoms with E-state index in [-0.39, 0.29) is 6.61 Å². The first-order valence-corrected chi connectivity index (χ1v) is 3.63. The summed E-state index contributed by atoms with van der Waals surface area (Å²) in [4.78, 5) is 0. The van der Waals surface area contributed by atoms with Crippen molar-refractivity contribution in [2.24, 2.45) is 7.05 Å². The molecule has 0 saturated heterocycles. The van der Waals surface area contributed by atoms with Gasteiger partial charge in [-0.05, 0) is 0 Å². The molecule has 0 aliphatic heterocycles. The smallest absolute Gasteiger partial charge is 0.161 e. The fraction of sp³-hybridized carbons (Fsp3) is 0.375. The summed E-state index contributed by atoms with van der Waals surface area (Å²) in [5.41, 5.74) is 6.24. The van der Waals surface area contributed by atoms with Gasteiger partial charge in [0.1, 0.15) is 0 Å². The third kappa shape index (κ3) is 2.01. The largest absolute Gasteiger partial charge is 0.395 e. The maximum Gasteiger partial charge on any atom is 0.161 e. The van der Waals surface area contributed by atoms with E-state index in [9.17, 15) is 0 Å². The number of aromatic nitrogens is 2. The lowest BCUT2D eigenvalue weighted by Gasteiger charge is -1.81. The molecule has 0 bridgehead atoms. The lowest BCUT2D eigenvalue weighted by molar-refractivity contribution is 0.305. The molecule has 0 aromatic carbocycles. The van der Waals surface area contributed by atoms with Crippen LogP contribution in [0.2, 0.25) is 0 Å². The van der Waals surface area contributed by atoms with E-state index in [1.54, 1.807) is 17.9 Å². The Hall–Kier alpha value is -1.47. The van der Waals surface area contributed by atoms with E-state index < -0.39 is 0 Å². The van der Waals surface area contributed by atoms with Crippen molar-refractivity contribution in [3.05, 3.63) is 11.8 Å². The van der Waals surface area contributed by atoms with Gasteiger partial charge in [-0.15, -0.1) is 0 Å². The second-order valence-corrected chi connectivity index (χ2v) is 2.38. The number of anilines is 1. The number of nitrogen functional groups attached to an aromatic ring is 1. The van der Waals surface area contributed by atoms with Crippen LogP contribution in [-0.2, 0) is 7.05 Å². The van der Waals surface area contributed by atoms with Gasteiger partial charge in [0.2, 0.25) is 0 Å². The summed E-state index contributed by atoms with van der Waals surface area (Å²) < 4.78 is 1.61. The SMILES string of the molecule is Cn1cc(C#CCCO)c(N)n1. The van der Waals surface area contributed by atoms with Gasteiger partial charge in [0.15, 0.2) is 5.82 Å². The highest BCUT2D eigenvalue weighted by Gasteiger charge is 1.98. The summed E-state index contributed by atoms with van der Waals surface area (Å²) in [7, 11) is 1.79. The lowest BCUT2D eigenvalue weighted by Crippen LogP contribution is -1.90. The van der Waals surface area contributed by atoms with Crippen LogP contribution in [0.5, 0.6) is 0 Å². The molecule has 1 aromatic rings. The zero-order valence-electron chi connectivity index (χ0n) is 6.91. The van der Waals surface area contributed by atoms with Gasteiger partial charge in [0.25, 0.3) is 0 Å². The van der Waals surface area contributed by atoms with Crippen LogP contribution < -0.4 is 5.73 Å². The Bertz CT molecular complexity index is 319. The van der Waals surface area contributed by atoms with E-state index in [2.05, 4.69) is 16.9 Å². The minimum atomic E-state index is 0.0766. The Balaban J connectivity index is 2.76. The van der Waals surface area contributed by atoms with E-state index in [0.717, 1.165) is 0 Å². The Labute approximate surface area is 71.0 Å². The van der Waals surface area contributed by atoms with E-state index >= 15 is 0 Å². The average molecular weight is 165 g/mol. The van der Waals surface area contributed by atoms with Gasteiger partial charge >= 0.3 is 0 Å². The maximum absolute atomic E-state index is 8.46. The van der Waals surface area contributed by atoms with Crippen molar-refractivity contribution in [1.29, 1.82) is 0 Å². The summed E-state index contributed by atoms with van der Waals surface area (Å²) in [5, 5.41) is 12.4. The topological polar surface area (TPSA) is 64.1 Å². The summed E-state index contributed by atoms with van der Waals surface area (Å²) in [6.45, 7) is 0.0766. The summed E-state index contributed by atoms with van der Waals surface area (Å²) in [5.74, 6) is 6.02. The molecule has 0 aliphatic rings. The van der Waals surface area contributed by atoms with Crippen molar-refractivity contribution in [3.8, 4) is 11.8 Å². The molecule has 0 unspecified atom stereocenters. The van der Waals surface area contributed by atoms with E-state index in [1.165, 1.54) is 0 Å². The molecule has 0 saturated carbocycles. The fourth-order valence-corrected chi connectivity index (χ4v) is 0.816. The van der Waals surface area contributed by atoms with Gasteiger partial charge in [0, 0.05) is 19.7 Å². The van der Waals surface area contributed by atoms with Crippen LogP contribution in [0, 0.1) is 11.8 Å². The first kappa shape index (κ1) is 8.62. The molecule has 12 heavy (non-hydrogen) atoms. The third-order valence-corrected chi connectivity index (χ3v) is 1.32. The van der Waals surface area contributed by atoms with Crippen molar-refractivity contribution < 1.29 is 5.11 Å². The number of aliphatic hydroxyl groups is 1. The Morgan fingerprint density at radius 1 is 1.75 bits per heavy atom. The first-order valence-electron chi connectivity index (χ1n) is 3.63. The van der Waals surface area contributed by atoms with Crippen molar-refractivity contribution in [2.75, 3.05) is 12.3 Å². The van der Waals surface area contributed by atoms with Crippen molar-refractivity contribution in [1.82, 2.24) is 9.78 Å². The highest BCUT2D eigenvalue weighted by atomic mass is 16.2. The zero-order chi connectivity index (χ0) is 8.97. The van der Waals surface area contributed by atoms with Crippen molar-refractivity contribution in [2.45, 2.75) is 6.42 Å². The Morgan fingerprint density at radius 2 is 2.50 bits per heavy atom. The van der Waals surface area contributed by atoms with Gasteiger partial charge < -0.3 is 10.8 Å². The van der Waals surface area contributed by atoms with E-state index in [1.807, 2.05) is 0 Å². The van der Waals surface area contributed by atoms with Crippen LogP contribution in [-0.4, -0.2) is 21.5 Å². The normalized spacial score (nSPS) is 9.17. The molecule has 0 fully saturated rings. The minimum absolute atomic E-state index is 0.0766. The molecule has 1 rings (SSSR count). The number of nitrogens with zero attached hydrogens (tertiary/aromatic N) is 2. The van der Waals surface area contributed by atoms with E-state index in [0.29, 0.717) is 17.8 Å². The molecule has 0 aliphatic carbocycles. The van der Waals surface area contributed by atoms with Crippen molar-refractivity contribution >= 4 is 5.82 Å². The predicted octanol–water partition coefficient (Wildman–Crippen LogP) is -0.264. The highest BCUT2D eigenvalue weighted by molar-refractivity contribution is 5.49. The third-order valence-electron chi connectivity index (χ3n) is 1.32. The molecule has 1 heterocycles. The number of aryl methyl sites for hydroxylation is 1. The number of aliphatic hydroxyl groups excluding tert-OH is 1. The molecule has 0 amide bonds. The molecule has 1 aromatic heterocycles. The zero-order valence-corrected chi connectivity index (χ0v) is 6.91. The Morgan fingerprint density at radius 3 is 3.00 bits per heavy atom. The van der Waals surface area contributed by atoms with Gasteiger partial charge in [-0.1, -0.05) is 11.8 Å². The van der Waals surface area contributed by atoms with Gasteiger partial charge in [-0.2, -0.15) is 5.10 Å². The quantitative estimate of drug-likeness (QED) is 0.563. The summed E-state index contributed by atoms with van der Waals surface area (Å²) in [6, 6.07) is 0. The molecular weight excluding hydrogens is 154 g/mol. The number of nitrogens with two attached hydrogens (primary N) is 1. The van der Waals surface area contributed by atoms with Crippen LogP contribution in [0.4, 0.5) is 5.82 Å². The van der Waals surface area contributed by atoms with Crippen LogP contribution in [0.15, 0.2) is 6.20 Å². The molecule has 4 nitrogen and oxygen atoms in total. The van der Waals surface area contributed by atoms with Gasteiger partial charge in [0.05, 0.1) is 12.2 Å². The first-order chi connectivity index (χ1) is 5.74. The molecule has 0 atom stereocenters. The van der Waals surface area contributed by atoms with Gasteiger partial charge in [-0.3, -0.25) is 4.68 Å². The maximum atomic E-state index is 8.46. The highest BCUT2D eigenvalue weighted by Crippen LogP contribution is 2.04. The van der Waals surface area contributed by atoms with Crippen LogP contribution in [0.1, 0.15) is 12.0 Å². The average Bonchev–Trinajstić information content (AvgIpc) is 2.31. The Kier molecular flexibility index (Phi) is 2.72. The van der Waals surface area contributed by atoms with E-state index in [4.69, 9.17) is 10.8 Å². The molecular formula is C8H11N3O. The monoisotopic (exact) mass is 165 g/mol. The summed E-state index contributed by atoms with van der Waals surface area (Å²) in [6.07, 6.45) is 2.22. The molecule has 0 spiro atoms. The standard InChI is InChI=1S/C8H11N3O/c1-11-6-7(8(9)10-11)4-2-3-5-12/h6,12H,3,5H2,1H3,(H2,9,10). The van der Waals surface area contributed by atoms with Crippen LogP contribution in [0.25, 0.3) is 0 Å². The second kappa shape index (κ2) is 3.79. The number of rotatable bonds is 1. The molecule has 64 valence electrons. The number of hydrogen-bond acceptors (Lipinski definition) is 3. The lowest BCUT2D eigenvalue weighted by atomic mass is 10.3. The van der Waals surface area contributed by atoms with Crippen LogP contribution in [0.3, 0.4) is 0 Å². The molecule has 4 heteroatoms. The molecule has 3 N–H and O–H groups in total. The van der Waals surface area contributed by atoms with Crippen LogP contribution >= 0.6 is 0 Å². The predicted molar refractivity (Wildman–Crippen MR) is 46.2 cm³/mol. The summed E-state index contributed by atoms with van der Waals surface area (Å²) >= 11 is 0. The second-order valence-electron chi connectivity index (χ2n) is 2.38. The minimum Gasteiger partial charge on any atom is -0.395 e. The fourth-order valence-electron chi connectivity index (χ4n) is 0.816.